The summed E-state index contributed by atoms with van der Waals surface area (Å²) < 4.78 is 25.6. The van der Waals surface area contributed by atoms with E-state index in [0.29, 0.717) is 18.2 Å². The van der Waals surface area contributed by atoms with Gasteiger partial charge in [0.1, 0.15) is 0 Å². The van der Waals surface area contributed by atoms with Crippen molar-refractivity contribution in [1.82, 2.24) is 9.88 Å². The molecule has 0 saturated carbocycles. The Balaban J connectivity index is 1.94. The number of nitrogen functional groups attached to an aromatic ring is 1. The maximum absolute atomic E-state index is 12.8. The zero-order valence-corrected chi connectivity index (χ0v) is 8.36. The van der Waals surface area contributed by atoms with Crippen LogP contribution in [0.5, 0.6) is 0 Å². The molecule has 0 spiro atoms. The van der Waals surface area contributed by atoms with Gasteiger partial charge in [0, 0.05) is 24.9 Å². The van der Waals surface area contributed by atoms with Crippen molar-refractivity contribution in [3.8, 4) is 0 Å². The molecule has 1 aliphatic rings. The highest BCUT2D eigenvalue weighted by atomic mass is 32.1. The van der Waals surface area contributed by atoms with E-state index in [4.69, 9.17) is 5.73 Å². The van der Waals surface area contributed by atoms with Gasteiger partial charge in [-0.05, 0) is 0 Å². The summed E-state index contributed by atoms with van der Waals surface area (Å²) in [6.45, 7) is 0.748. The zero-order valence-electron chi connectivity index (χ0n) is 7.54. The molecular weight excluding hydrogens is 208 g/mol. The van der Waals surface area contributed by atoms with E-state index in [2.05, 4.69) is 4.98 Å². The van der Waals surface area contributed by atoms with Gasteiger partial charge in [0.25, 0.3) is 5.92 Å². The summed E-state index contributed by atoms with van der Waals surface area (Å²) in [6, 6.07) is 0. The second-order valence-corrected chi connectivity index (χ2v) is 4.38. The third-order valence-corrected chi connectivity index (χ3v) is 2.93. The Labute approximate surface area is 84.5 Å². The van der Waals surface area contributed by atoms with Crippen LogP contribution >= 0.6 is 11.3 Å². The average Bonchev–Trinajstić information content (AvgIpc) is 2.59. The highest BCUT2D eigenvalue weighted by Crippen LogP contribution is 2.28. The van der Waals surface area contributed by atoms with Crippen molar-refractivity contribution in [2.45, 2.75) is 18.9 Å². The van der Waals surface area contributed by atoms with Gasteiger partial charge >= 0.3 is 0 Å². The molecule has 1 aromatic rings. The van der Waals surface area contributed by atoms with E-state index < -0.39 is 5.92 Å². The SMILES string of the molecule is Nc1nc(CN2CCC(F)(F)C2)cs1. The molecule has 1 aliphatic heterocycles. The van der Waals surface area contributed by atoms with Crippen LogP contribution < -0.4 is 5.73 Å². The van der Waals surface area contributed by atoms with Gasteiger partial charge in [-0.3, -0.25) is 4.90 Å². The normalized spacial score (nSPS) is 21.6. The van der Waals surface area contributed by atoms with Crippen LogP contribution in [0.2, 0.25) is 0 Å². The van der Waals surface area contributed by atoms with E-state index in [9.17, 15) is 8.78 Å². The summed E-state index contributed by atoms with van der Waals surface area (Å²) in [4.78, 5) is 5.73. The summed E-state index contributed by atoms with van der Waals surface area (Å²) >= 11 is 1.34. The van der Waals surface area contributed by atoms with Crippen LogP contribution in [0.15, 0.2) is 5.38 Å². The number of aromatic nitrogens is 1. The minimum absolute atomic E-state index is 0.0490. The van der Waals surface area contributed by atoms with Gasteiger partial charge in [-0.2, -0.15) is 0 Å². The number of halogens is 2. The molecular formula is C8H11F2N3S. The number of hydrogen-bond acceptors (Lipinski definition) is 4. The number of rotatable bonds is 2. The third kappa shape index (κ3) is 2.19. The van der Waals surface area contributed by atoms with Crippen molar-refractivity contribution >= 4 is 16.5 Å². The van der Waals surface area contributed by atoms with Crippen molar-refractivity contribution in [3.05, 3.63) is 11.1 Å². The molecule has 3 nitrogen and oxygen atoms in total. The molecule has 2 heterocycles. The molecule has 2 N–H and O–H groups in total. The van der Waals surface area contributed by atoms with Gasteiger partial charge in [0.15, 0.2) is 5.13 Å². The summed E-state index contributed by atoms with van der Waals surface area (Å²) in [5, 5.41) is 2.30. The van der Waals surface area contributed by atoms with Gasteiger partial charge in [0.05, 0.1) is 12.2 Å². The van der Waals surface area contributed by atoms with E-state index in [0.717, 1.165) is 5.69 Å². The van der Waals surface area contributed by atoms with Gasteiger partial charge in [-0.25, -0.2) is 13.8 Å². The first-order valence-corrected chi connectivity index (χ1v) is 5.23. The molecule has 0 atom stereocenters. The number of likely N-dealkylation sites (tertiary alicyclic amines) is 1. The fraction of sp³-hybridized carbons (Fsp3) is 0.625. The fourth-order valence-corrected chi connectivity index (χ4v) is 2.12. The maximum Gasteiger partial charge on any atom is 0.261 e. The molecule has 1 fully saturated rings. The van der Waals surface area contributed by atoms with Crippen LogP contribution in [0.4, 0.5) is 13.9 Å². The largest absolute Gasteiger partial charge is 0.375 e. The van der Waals surface area contributed by atoms with E-state index in [1.807, 2.05) is 5.38 Å². The first kappa shape index (κ1) is 9.79. The molecule has 0 radical (unpaired) electrons. The minimum Gasteiger partial charge on any atom is -0.375 e. The monoisotopic (exact) mass is 219 g/mol. The highest BCUT2D eigenvalue weighted by Gasteiger charge is 2.38. The molecule has 2 rings (SSSR count). The summed E-state index contributed by atoms with van der Waals surface area (Å²) in [5.41, 5.74) is 6.23. The molecule has 0 bridgehead atoms. The maximum atomic E-state index is 12.8. The Morgan fingerprint density at radius 3 is 2.93 bits per heavy atom. The lowest BCUT2D eigenvalue weighted by Crippen LogP contribution is -2.24. The van der Waals surface area contributed by atoms with Crippen molar-refractivity contribution in [3.63, 3.8) is 0 Å². The van der Waals surface area contributed by atoms with E-state index in [-0.39, 0.29) is 13.0 Å². The van der Waals surface area contributed by atoms with Crippen molar-refractivity contribution < 1.29 is 8.78 Å². The Morgan fingerprint density at radius 1 is 1.64 bits per heavy atom. The lowest BCUT2D eigenvalue weighted by molar-refractivity contribution is 0.0114. The Bertz CT molecular complexity index is 326. The summed E-state index contributed by atoms with van der Waals surface area (Å²) in [7, 11) is 0. The number of thiazole rings is 1. The Hall–Kier alpha value is -0.750. The molecule has 6 heteroatoms. The number of anilines is 1. The van der Waals surface area contributed by atoms with Gasteiger partial charge < -0.3 is 5.73 Å². The number of nitrogens with two attached hydrogens (primary N) is 1. The van der Waals surface area contributed by atoms with Crippen LogP contribution in [0, 0.1) is 0 Å². The molecule has 0 unspecified atom stereocenters. The fourth-order valence-electron chi connectivity index (χ4n) is 1.57. The molecule has 0 amide bonds. The quantitative estimate of drug-likeness (QED) is 0.821. The van der Waals surface area contributed by atoms with Crippen molar-refractivity contribution in [2.24, 2.45) is 0 Å². The topological polar surface area (TPSA) is 42.1 Å². The number of hydrogen-bond donors (Lipinski definition) is 1. The Kier molecular flexibility index (Phi) is 2.40. The first-order chi connectivity index (χ1) is 6.55. The van der Waals surface area contributed by atoms with E-state index in [1.54, 1.807) is 4.90 Å². The second-order valence-electron chi connectivity index (χ2n) is 3.49. The van der Waals surface area contributed by atoms with Gasteiger partial charge in [0.2, 0.25) is 0 Å². The molecule has 0 aromatic carbocycles. The van der Waals surface area contributed by atoms with E-state index >= 15 is 0 Å². The van der Waals surface area contributed by atoms with Crippen LogP contribution in [0.25, 0.3) is 0 Å². The molecule has 78 valence electrons. The second kappa shape index (κ2) is 3.43. The highest BCUT2D eigenvalue weighted by molar-refractivity contribution is 7.13. The predicted molar refractivity (Wildman–Crippen MR) is 51.4 cm³/mol. The van der Waals surface area contributed by atoms with E-state index in [1.165, 1.54) is 11.3 Å². The lowest BCUT2D eigenvalue weighted by atomic mass is 10.3. The van der Waals surface area contributed by atoms with Gasteiger partial charge in [-0.1, -0.05) is 0 Å². The average molecular weight is 219 g/mol. The minimum atomic E-state index is -2.53. The van der Waals surface area contributed by atoms with Crippen molar-refractivity contribution in [1.29, 1.82) is 0 Å². The third-order valence-electron chi connectivity index (χ3n) is 2.20. The van der Waals surface area contributed by atoms with Crippen molar-refractivity contribution in [2.75, 3.05) is 18.8 Å². The van der Waals surface area contributed by atoms with Gasteiger partial charge in [-0.15, -0.1) is 11.3 Å². The lowest BCUT2D eigenvalue weighted by Gasteiger charge is -2.13. The standard InChI is InChI=1S/C8H11F2N3S/c9-8(10)1-2-13(5-8)3-6-4-14-7(11)12-6/h4H,1-3,5H2,(H2,11,12). The molecule has 14 heavy (non-hydrogen) atoms. The van der Waals surface area contributed by atoms with Crippen LogP contribution in [0.1, 0.15) is 12.1 Å². The molecule has 1 saturated heterocycles. The number of nitrogens with zero attached hydrogens (tertiary/aromatic N) is 2. The number of alkyl halides is 2. The summed E-state index contributed by atoms with van der Waals surface area (Å²) in [6.07, 6.45) is -0.0490. The Morgan fingerprint density at radius 2 is 2.43 bits per heavy atom. The van der Waals surface area contributed by atoms with Crippen LogP contribution in [-0.2, 0) is 6.54 Å². The summed E-state index contributed by atoms with van der Waals surface area (Å²) in [5.74, 6) is -2.53. The zero-order chi connectivity index (χ0) is 10.2. The van der Waals surface area contributed by atoms with Crippen LogP contribution in [0.3, 0.4) is 0 Å². The first-order valence-electron chi connectivity index (χ1n) is 4.35. The van der Waals surface area contributed by atoms with Crippen LogP contribution in [-0.4, -0.2) is 28.9 Å². The molecule has 1 aromatic heterocycles. The smallest absolute Gasteiger partial charge is 0.261 e. The predicted octanol–water partition coefficient (Wildman–Crippen LogP) is 1.57. The molecule has 0 aliphatic carbocycles.